The molecule has 0 aliphatic carbocycles. The molecule has 0 radical (unpaired) electrons. The predicted octanol–water partition coefficient (Wildman–Crippen LogP) is 4.25. The summed E-state index contributed by atoms with van der Waals surface area (Å²) in [6.07, 6.45) is 2.39. The molecule has 0 bridgehead atoms. The summed E-state index contributed by atoms with van der Waals surface area (Å²) in [5.74, 6) is 0.730. The summed E-state index contributed by atoms with van der Waals surface area (Å²) in [6.45, 7) is 11.1. The quantitative estimate of drug-likeness (QED) is 0.893. The van der Waals surface area contributed by atoms with E-state index in [-0.39, 0.29) is 0 Å². The van der Waals surface area contributed by atoms with Crippen LogP contribution in [0.5, 0.6) is 0 Å². The van der Waals surface area contributed by atoms with E-state index in [1.165, 1.54) is 17.7 Å². The van der Waals surface area contributed by atoms with Gasteiger partial charge in [0.25, 0.3) is 0 Å². The molecule has 2 atom stereocenters. The van der Waals surface area contributed by atoms with Gasteiger partial charge >= 0.3 is 0 Å². The molecule has 3 heteroatoms. The lowest BCUT2D eigenvalue weighted by Gasteiger charge is -2.43. The Balaban J connectivity index is 2.22. The largest absolute Gasteiger partial charge is 0.365 e. The lowest BCUT2D eigenvalue weighted by Crippen LogP contribution is -2.57. The number of piperazine rings is 1. The molecule has 0 saturated carbocycles. The standard InChI is InChI=1S/C17H27ClN2/c1-5-15-10-19-14(9-12(2)3)11-20(15)17-8-6-7-16(18)13(17)4/h6-8,12,14-15,19H,5,9-11H2,1-4H3. The molecule has 2 nitrogen and oxygen atoms in total. The number of anilines is 1. The topological polar surface area (TPSA) is 15.3 Å². The van der Waals surface area contributed by atoms with Crippen molar-refractivity contribution in [2.24, 2.45) is 5.92 Å². The van der Waals surface area contributed by atoms with E-state index in [0.717, 1.165) is 30.5 Å². The van der Waals surface area contributed by atoms with Crippen LogP contribution < -0.4 is 10.2 Å². The fourth-order valence-corrected chi connectivity index (χ4v) is 3.33. The first kappa shape index (κ1) is 15.7. The summed E-state index contributed by atoms with van der Waals surface area (Å²) in [5.41, 5.74) is 2.51. The molecule has 1 N–H and O–H groups in total. The van der Waals surface area contributed by atoms with E-state index in [4.69, 9.17) is 11.6 Å². The zero-order valence-electron chi connectivity index (χ0n) is 13.1. The summed E-state index contributed by atoms with van der Waals surface area (Å²) in [4.78, 5) is 2.56. The van der Waals surface area contributed by atoms with Crippen LogP contribution in [0.3, 0.4) is 0 Å². The lowest BCUT2D eigenvalue weighted by molar-refractivity contribution is 0.343. The minimum Gasteiger partial charge on any atom is -0.365 e. The Kier molecular flexibility index (Phi) is 5.34. The van der Waals surface area contributed by atoms with Crippen LogP contribution in [0, 0.1) is 12.8 Å². The molecule has 112 valence electrons. The van der Waals surface area contributed by atoms with Gasteiger partial charge in [0.05, 0.1) is 0 Å². The van der Waals surface area contributed by atoms with Crippen molar-refractivity contribution in [3.8, 4) is 0 Å². The van der Waals surface area contributed by atoms with Crippen molar-refractivity contribution >= 4 is 17.3 Å². The second kappa shape index (κ2) is 6.82. The van der Waals surface area contributed by atoms with Gasteiger partial charge in [0.1, 0.15) is 0 Å². The lowest BCUT2D eigenvalue weighted by atomic mass is 9.97. The van der Waals surface area contributed by atoms with Crippen molar-refractivity contribution in [3.05, 3.63) is 28.8 Å². The Morgan fingerprint density at radius 1 is 1.40 bits per heavy atom. The zero-order chi connectivity index (χ0) is 14.7. The van der Waals surface area contributed by atoms with Crippen molar-refractivity contribution < 1.29 is 0 Å². The second-order valence-electron chi connectivity index (χ2n) is 6.33. The average Bonchev–Trinajstić information content (AvgIpc) is 2.41. The molecule has 0 amide bonds. The van der Waals surface area contributed by atoms with Crippen LogP contribution in [-0.2, 0) is 0 Å². The van der Waals surface area contributed by atoms with Crippen molar-refractivity contribution in [3.63, 3.8) is 0 Å². The zero-order valence-corrected chi connectivity index (χ0v) is 13.9. The highest BCUT2D eigenvalue weighted by atomic mass is 35.5. The number of benzene rings is 1. The van der Waals surface area contributed by atoms with Crippen molar-refractivity contribution in [2.75, 3.05) is 18.0 Å². The first-order valence-electron chi connectivity index (χ1n) is 7.78. The van der Waals surface area contributed by atoms with Gasteiger partial charge in [-0.05, 0) is 43.4 Å². The average molecular weight is 295 g/mol. The second-order valence-corrected chi connectivity index (χ2v) is 6.74. The molecule has 2 unspecified atom stereocenters. The number of rotatable bonds is 4. The van der Waals surface area contributed by atoms with Crippen molar-refractivity contribution in [2.45, 2.75) is 52.6 Å². The minimum absolute atomic E-state index is 0.565. The Labute approximate surface area is 128 Å². The van der Waals surface area contributed by atoms with E-state index in [9.17, 15) is 0 Å². The molecule has 1 aromatic rings. The molecule has 0 spiro atoms. The van der Waals surface area contributed by atoms with E-state index < -0.39 is 0 Å². The van der Waals surface area contributed by atoms with Gasteiger partial charge in [-0.3, -0.25) is 0 Å². The van der Waals surface area contributed by atoms with Crippen LogP contribution in [0.2, 0.25) is 5.02 Å². The van der Waals surface area contributed by atoms with E-state index in [2.05, 4.69) is 50.0 Å². The Hall–Kier alpha value is -0.730. The Bertz CT molecular complexity index is 445. The van der Waals surface area contributed by atoms with Crippen molar-refractivity contribution in [1.29, 1.82) is 0 Å². The molecule has 1 aliphatic rings. The molecular weight excluding hydrogens is 268 g/mol. The van der Waals surface area contributed by atoms with Gasteiger partial charge in [0, 0.05) is 35.9 Å². The summed E-state index contributed by atoms with van der Waals surface area (Å²) in [6, 6.07) is 7.40. The first-order valence-corrected chi connectivity index (χ1v) is 8.15. The van der Waals surface area contributed by atoms with Crippen molar-refractivity contribution in [1.82, 2.24) is 5.32 Å². The number of hydrogen-bond acceptors (Lipinski definition) is 2. The minimum atomic E-state index is 0.565. The summed E-state index contributed by atoms with van der Waals surface area (Å²) in [5, 5.41) is 4.58. The first-order chi connectivity index (χ1) is 9.52. The van der Waals surface area contributed by atoms with E-state index in [1.54, 1.807) is 0 Å². The van der Waals surface area contributed by atoms with E-state index >= 15 is 0 Å². The van der Waals surface area contributed by atoms with Gasteiger partial charge in [-0.1, -0.05) is 38.4 Å². The summed E-state index contributed by atoms with van der Waals surface area (Å²) < 4.78 is 0. The van der Waals surface area contributed by atoms with Crippen LogP contribution in [-0.4, -0.2) is 25.2 Å². The highest BCUT2D eigenvalue weighted by Gasteiger charge is 2.28. The van der Waals surface area contributed by atoms with E-state index in [1.807, 2.05) is 6.07 Å². The number of hydrogen-bond donors (Lipinski definition) is 1. The molecule has 20 heavy (non-hydrogen) atoms. The summed E-state index contributed by atoms with van der Waals surface area (Å²) in [7, 11) is 0. The van der Waals surface area contributed by atoms with Gasteiger partial charge in [-0.15, -0.1) is 0 Å². The van der Waals surface area contributed by atoms with Gasteiger partial charge in [-0.2, -0.15) is 0 Å². The number of nitrogens with one attached hydrogen (secondary N) is 1. The molecule has 0 aromatic heterocycles. The van der Waals surface area contributed by atoms with Gasteiger partial charge in [0.2, 0.25) is 0 Å². The predicted molar refractivity (Wildman–Crippen MR) is 88.9 cm³/mol. The maximum absolute atomic E-state index is 6.30. The molecule has 1 fully saturated rings. The SMILES string of the molecule is CCC1CNC(CC(C)C)CN1c1cccc(Cl)c1C. The fourth-order valence-electron chi connectivity index (χ4n) is 3.16. The fraction of sp³-hybridized carbons (Fsp3) is 0.647. The maximum Gasteiger partial charge on any atom is 0.0455 e. The monoisotopic (exact) mass is 294 g/mol. The molecule has 1 saturated heterocycles. The van der Waals surface area contributed by atoms with Crippen LogP contribution in [0.4, 0.5) is 5.69 Å². The molecule has 1 aromatic carbocycles. The highest BCUT2D eigenvalue weighted by Crippen LogP contribution is 2.30. The smallest absolute Gasteiger partial charge is 0.0455 e. The van der Waals surface area contributed by atoms with Crippen LogP contribution >= 0.6 is 11.6 Å². The molecule has 1 heterocycles. The third-order valence-corrected chi connectivity index (χ3v) is 4.69. The Morgan fingerprint density at radius 2 is 2.15 bits per heavy atom. The van der Waals surface area contributed by atoms with Crippen LogP contribution in [0.25, 0.3) is 0 Å². The maximum atomic E-state index is 6.30. The van der Waals surface area contributed by atoms with Gasteiger partial charge < -0.3 is 10.2 Å². The normalized spacial score (nSPS) is 23.4. The number of nitrogens with zero attached hydrogens (tertiary/aromatic N) is 1. The van der Waals surface area contributed by atoms with Crippen LogP contribution in [0.15, 0.2) is 18.2 Å². The molecular formula is C17H27ClN2. The van der Waals surface area contributed by atoms with Crippen LogP contribution in [0.1, 0.15) is 39.2 Å². The highest BCUT2D eigenvalue weighted by molar-refractivity contribution is 6.31. The van der Waals surface area contributed by atoms with Gasteiger partial charge in [0.15, 0.2) is 0 Å². The van der Waals surface area contributed by atoms with E-state index in [0.29, 0.717) is 12.1 Å². The molecule has 1 aliphatic heterocycles. The van der Waals surface area contributed by atoms with Gasteiger partial charge in [-0.25, -0.2) is 0 Å². The third kappa shape index (κ3) is 3.48. The Morgan fingerprint density at radius 3 is 2.80 bits per heavy atom. The number of halogens is 1. The summed E-state index contributed by atoms with van der Waals surface area (Å²) >= 11 is 6.30. The third-order valence-electron chi connectivity index (χ3n) is 4.28. The molecule has 2 rings (SSSR count).